The number of hydrogen-bond acceptors (Lipinski definition) is 3. The topological polar surface area (TPSA) is 81.6 Å². The fourth-order valence-corrected chi connectivity index (χ4v) is 4.70. The van der Waals surface area contributed by atoms with Crippen molar-refractivity contribution in [1.29, 1.82) is 0 Å². The minimum atomic E-state index is -4.64. The predicted molar refractivity (Wildman–Crippen MR) is 142 cm³/mol. The zero-order valence-corrected chi connectivity index (χ0v) is 20.6. The maximum absolute atomic E-state index is 14.0. The van der Waals surface area contributed by atoms with Crippen LogP contribution >= 0.6 is 0 Å². The molecule has 0 fully saturated rings. The number of carbonyl (C=O) groups is 3. The van der Waals surface area contributed by atoms with Crippen molar-refractivity contribution >= 4 is 23.0 Å². The largest absolute Gasteiger partial charge is 0.416 e. The summed E-state index contributed by atoms with van der Waals surface area (Å²) in [5, 5.41) is 0. The molecule has 5 nitrogen and oxygen atoms in total. The molecule has 0 saturated carbocycles. The van der Waals surface area contributed by atoms with Crippen molar-refractivity contribution < 1.29 is 27.6 Å². The third kappa shape index (κ3) is 4.72. The van der Waals surface area contributed by atoms with Gasteiger partial charge >= 0.3 is 6.18 Å². The molecular weight excluding hydrogens is 505 g/mol. The van der Waals surface area contributed by atoms with E-state index in [1.165, 1.54) is 41.8 Å². The Morgan fingerprint density at radius 2 is 1.38 bits per heavy atom. The highest BCUT2D eigenvalue weighted by molar-refractivity contribution is 6.19. The van der Waals surface area contributed by atoms with Crippen molar-refractivity contribution in [3.63, 3.8) is 0 Å². The predicted octanol–water partition coefficient (Wildman–Crippen LogP) is 6.82. The fraction of sp³-hybridized carbons (Fsp3) is 0.0645. The van der Waals surface area contributed by atoms with Crippen LogP contribution in [0.25, 0.3) is 27.8 Å². The number of carbonyl (C=O) groups excluding carboxylic acids is 3. The molecule has 0 unspecified atom stereocenters. The van der Waals surface area contributed by atoms with Crippen LogP contribution in [0.3, 0.4) is 0 Å². The Labute approximate surface area is 221 Å². The van der Waals surface area contributed by atoms with Crippen molar-refractivity contribution in [1.82, 2.24) is 4.40 Å². The van der Waals surface area contributed by atoms with Gasteiger partial charge in [-0.2, -0.15) is 13.2 Å². The maximum atomic E-state index is 14.0. The van der Waals surface area contributed by atoms with Gasteiger partial charge in [-0.25, -0.2) is 0 Å². The zero-order valence-electron chi connectivity index (χ0n) is 20.6. The van der Waals surface area contributed by atoms with Crippen LogP contribution in [0.1, 0.15) is 49.3 Å². The number of rotatable bonds is 6. The zero-order chi connectivity index (χ0) is 27.9. The highest BCUT2D eigenvalue weighted by Gasteiger charge is 2.33. The molecule has 0 spiro atoms. The van der Waals surface area contributed by atoms with Crippen LogP contribution in [0.2, 0.25) is 0 Å². The molecule has 0 atom stereocenters. The van der Waals surface area contributed by atoms with E-state index in [0.29, 0.717) is 0 Å². The van der Waals surface area contributed by atoms with Crippen LogP contribution < -0.4 is 5.73 Å². The van der Waals surface area contributed by atoms with E-state index in [2.05, 4.69) is 0 Å². The minimum Gasteiger partial charge on any atom is -0.366 e. The van der Waals surface area contributed by atoms with Gasteiger partial charge in [0.15, 0.2) is 5.78 Å². The molecular formula is C31H21F3N2O3. The Bertz CT molecular complexity index is 1750. The van der Waals surface area contributed by atoms with Gasteiger partial charge in [0.05, 0.1) is 16.6 Å². The van der Waals surface area contributed by atoms with Crippen LogP contribution in [0.4, 0.5) is 13.2 Å². The second-order valence-corrected chi connectivity index (χ2v) is 9.04. The molecule has 1 amide bonds. The molecule has 3 aromatic carbocycles. The summed E-state index contributed by atoms with van der Waals surface area (Å²) >= 11 is 0. The molecule has 2 N–H and O–H groups in total. The lowest BCUT2D eigenvalue weighted by atomic mass is 9.93. The van der Waals surface area contributed by atoms with Gasteiger partial charge in [0.1, 0.15) is 5.69 Å². The summed E-state index contributed by atoms with van der Waals surface area (Å²) in [5.41, 5.74) is 7.01. The van der Waals surface area contributed by atoms with Crippen LogP contribution in [0.15, 0.2) is 97.2 Å². The first-order valence-electron chi connectivity index (χ1n) is 11.9. The number of pyridine rings is 1. The van der Waals surface area contributed by atoms with Crippen LogP contribution in [0, 0.1) is 0 Å². The van der Waals surface area contributed by atoms with Gasteiger partial charge in [-0.1, -0.05) is 66.7 Å². The van der Waals surface area contributed by atoms with E-state index < -0.39 is 29.2 Å². The van der Waals surface area contributed by atoms with Crippen molar-refractivity contribution in [3.05, 3.63) is 125 Å². The number of fused-ring (bicyclic) bond motifs is 1. The van der Waals surface area contributed by atoms with Gasteiger partial charge in [0.25, 0.3) is 0 Å². The summed E-state index contributed by atoms with van der Waals surface area (Å²) in [6.07, 6.45) is -3.22. The smallest absolute Gasteiger partial charge is 0.366 e. The highest BCUT2D eigenvalue weighted by atomic mass is 19.4. The minimum absolute atomic E-state index is 0.00185. The molecule has 2 aromatic heterocycles. The number of alkyl halides is 3. The van der Waals surface area contributed by atoms with Gasteiger partial charge in [-0.05, 0) is 47.9 Å². The van der Waals surface area contributed by atoms with E-state index in [-0.39, 0.29) is 39.0 Å². The van der Waals surface area contributed by atoms with Crippen molar-refractivity contribution in [2.45, 2.75) is 13.1 Å². The number of halogens is 3. The van der Waals surface area contributed by atoms with Crippen LogP contribution in [-0.2, 0) is 6.18 Å². The van der Waals surface area contributed by atoms with Gasteiger partial charge < -0.3 is 10.1 Å². The Morgan fingerprint density at radius 3 is 2.00 bits per heavy atom. The molecule has 39 heavy (non-hydrogen) atoms. The number of amides is 1. The number of nitrogens with zero attached hydrogens (tertiary/aromatic N) is 1. The van der Waals surface area contributed by atoms with E-state index in [1.54, 1.807) is 24.3 Å². The Balaban J connectivity index is 1.77. The van der Waals surface area contributed by atoms with Crippen molar-refractivity contribution in [2.75, 3.05) is 0 Å². The number of hydrogen-bond donors (Lipinski definition) is 1. The molecule has 0 saturated heterocycles. The summed E-state index contributed by atoms with van der Waals surface area (Å²) in [5.74, 6) is -1.74. The number of aromatic nitrogens is 1. The Hall–Kier alpha value is -4.98. The average molecular weight is 527 g/mol. The third-order valence-electron chi connectivity index (χ3n) is 6.52. The highest BCUT2D eigenvalue weighted by Crippen LogP contribution is 2.38. The first-order chi connectivity index (χ1) is 18.6. The van der Waals surface area contributed by atoms with Crippen LogP contribution in [0.5, 0.6) is 0 Å². The van der Waals surface area contributed by atoms with E-state index in [9.17, 15) is 27.6 Å². The van der Waals surface area contributed by atoms with Crippen molar-refractivity contribution in [2.24, 2.45) is 5.73 Å². The third-order valence-corrected chi connectivity index (χ3v) is 6.52. The summed E-state index contributed by atoms with van der Waals surface area (Å²) in [6.45, 7) is 1.26. The molecule has 194 valence electrons. The van der Waals surface area contributed by atoms with Gasteiger partial charge in [-0.15, -0.1) is 0 Å². The second kappa shape index (κ2) is 9.72. The van der Waals surface area contributed by atoms with Gasteiger partial charge in [-0.3, -0.25) is 14.4 Å². The molecule has 0 aliphatic carbocycles. The number of Topliss-reactive ketones (excluding diaryl/α,β-unsaturated/α-hetero) is 1. The first-order valence-corrected chi connectivity index (χ1v) is 11.9. The van der Waals surface area contributed by atoms with E-state index >= 15 is 0 Å². The first kappa shape index (κ1) is 25.7. The molecule has 2 heterocycles. The number of ketones is 2. The lowest BCUT2D eigenvalue weighted by Gasteiger charge is -2.11. The molecule has 0 radical (unpaired) electrons. The summed E-state index contributed by atoms with van der Waals surface area (Å²) in [6, 6.07) is 23.6. The van der Waals surface area contributed by atoms with Crippen molar-refractivity contribution in [3.8, 4) is 22.3 Å². The summed E-state index contributed by atoms with van der Waals surface area (Å²) in [4.78, 5) is 38.8. The van der Waals surface area contributed by atoms with E-state index in [0.717, 1.165) is 23.3 Å². The molecule has 0 bridgehead atoms. The maximum Gasteiger partial charge on any atom is 0.416 e. The second-order valence-electron chi connectivity index (χ2n) is 9.04. The Morgan fingerprint density at radius 1 is 0.744 bits per heavy atom. The van der Waals surface area contributed by atoms with Crippen LogP contribution in [-0.4, -0.2) is 21.9 Å². The molecule has 0 aliphatic rings. The van der Waals surface area contributed by atoms with Gasteiger partial charge in [0.2, 0.25) is 11.7 Å². The number of benzene rings is 3. The molecule has 8 heteroatoms. The Kier molecular flexibility index (Phi) is 6.39. The SMILES string of the molecule is CC(=O)c1c(-c2cccc(C(F)(F)F)c2)c(C(=O)c2ccc(-c3ccccc3)cc2)n2ccc(C(N)=O)cc12. The lowest BCUT2D eigenvalue weighted by molar-refractivity contribution is -0.137. The van der Waals surface area contributed by atoms with E-state index in [1.807, 2.05) is 30.3 Å². The number of nitrogens with two attached hydrogens (primary N) is 1. The molecule has 5 rings (SSSR count). The van der Waals surface area contributed by atoms with E-state index in [4.69, 9.17) is 5.73 Å². The lowest BCUT2D eigenvalue weighted by Crippen LogP contribution is -2.12. The monoisotopic (exact) mass is 526 g/mol. The average Bonchev–Trinajstić information content (AvgIpc) is 3.27. The quantitative estimate of drug-likeness (QED) is 0.246. The fourth-order valence-electron chi connectivity index (χ4n) is 4.70. The molecule has 5 aromatic rings. The standard InChI is InChI=1S/C31H21F3N2O3/c1-18(37)26-25-17-23(30(35)39)14-15-36(25)28(27(26)22-8-5-9-24(16-22)31(32,33)34)29(38)21-12-10-20(11-13-21)19-6-3-2-4-7-19/h2-17H,1H3,(H2,35,39). The number of primary amides is 1. The normalized spacial score (nSPS) is 11.5. The summed E-state index contributed by atoms with van der Waals surface area (Å²) in [7, 11) is 0. The summed E-state index contributed by atoms with van der Waals surface area (Å²) < 4.78 is 42.2. The van der Waals surface area contributed by atoms with Gasteiger partial charge in [0, 0.05) is 22.9 Å². The molecule has 0 aliphatic heterocycles.